The van der Waals surface area contributed by atoms with Crippen molar-refractivity contribution in [3.63, 3.8) is 0 Å². The first-order chi connectivity index (χ1) is 13.9. The van der Waals surface area contributed by atoms with Crippen molar-refractivity contribution in [2.45, 2.75) is 17.1 Å². The van der Waals surface area contributed by atoms with E-state index in [1.165, 1.54) is 23.9 Å². The summed E-state index contributed by atoms with van der Waals surface area (Å²) in [6.07, 6.45) is -4.34. The second-order valence-corrected chi connectivity index (χ2v) is 7.13. The van der Waals surface area contributed by atoms with Crippen molar-refractivity contribution in [3.05, 3.63) is 71.8 Å². The summed E-state index contributed by atoms with van der Waals surface area (Å²) < 4.78 is 44.8. The van der Waals surface area contributed by atoms with Gasteiger partial charge in [-0.25, -0.2) is 0 Å². The molecule has 0 saturated heterocycles. The molecule has 0 saturated carbocycles. The number of nitrogens with zero attached hydrogens (tertiary/aromatic N) is 4. The number of hydrogen-bond donors (Lipinski definition) is 0. The van der Waals surface area contributed by atoms with Gasteiger partial charge < -0.3 is 4.74 Å². The van der Waals surface area contributed by atoms with E-state index in [1.54, 1.807) is 11.6 Å². The zero-order chi connectivity index (χ0) is 20.4. The highest BCUT2D eigenvalue weighted by atomic mass is 32.2. The SMILES string of the molecule is COc1ccc(-c2ccc3nnc(SCc4ccc(C(F)(F)F)cc4)n3n2)cc1. The molecule has 0 fully saturated rings. The molecule has 0 unspecified atom stereocenters. The summed E-state index contributed by atoms with van der Waals surface area (Å²) in [6.45, 7) is 0. The number of thioether (sulfide) groups is 1. The Morgan fingerprint density at radius 3 is 2.31 bits per heavy atom. The van der Waals surface area contributed by atoms with E-state index < -0.39 is 11.7 Å². The van der Waals surface area contributed by atoms with E-state index in [0.717, 1.165) is 34.7 Å². The molecule has 0 aliphatic carbocycles. The topological polar surface area (TPSA) is 52.3 Å². The summed E-state index contributed by atoms with van der Waals surface area (Å²) in [5.74, 6) is 1.21. The third-order valence-electron chi connectivity index (χ3n) is 4.27. The molecule has 4 aromatic rings. The lowest BCUT2D eigenvalue weighted by atomic mass is 10.1. The van der Waals surface area contributed by atoms with Crippen LogP contribution in [0, 0.1) is 0 Å². The van der Waals surface area contributed by atoms with Crippen LogP contribution >= 0.6 is 11.8 Å². The number of halogens is 3. The second kappa shape index (κ2) is 7.75. The summed E-state index contributed by atoms with van der Waals surface area (Å²) in [4.78, 5) is 0. The van der Waals surface area contributed by atoms with Crippen molar-refractivity contribution < 1.29 is 17.9 Å². The van der Waals surface area contributed by atoms with Gasteiger partial charge in [0.1, 0.15) is 5.75 Å². The number of hydrogen-bond acceptors (Lipinski definition) is 5. The molecule has 0 atom stereocenters. The van der Waals surface area contributed by atoms with Crippen LogP contribution in [0.1, 0.15) is 11.1 Å². The minimum absolute atomic E-state index is 0.452. The molecule has 0 aliphatic heterocycles. The molecule has 9 heteroatoms. The summed E-state index contributed by atoms with van der Waals surface area (Å²) in [7, 11) is 1.61. The molecule has 29 heavy (non-hydrogen) atoms. The maximum atomic E-state index is 12.7. The minimum atomic E-state index is -4.34. The molecular weight excluding hydrogens is 401 g/mol. The molecule has 2 aromatic carbocycles. The number of methoxy groups -OCH3 is 1. The average Bonchev–Trinajstić information content (AvgIpc) is 3.14. The normalized spacial score (nSPS) is 11.7. The quantitative estimate of drug-likeness (QED) is 0.423. The third kappa shape index (κ3) is 4.19. The zero-order valence-electron chi connectivity index (χ0n) is 15.2. The molecule has 0 radical (unpaired) electrons. The number of aromatic nitrogens is 4. The predicted molar refractivity (Wildman–Crippen MR) is 104 cm³/mol. The van der Waals surface area contributed by atoms with Gasteiger partial charge in [0.2, 0.25) is 5.16 Å². The van der Waals surface area contributed by atoms with Gasteiger partial charge >= 0.3 is 6.18 Å². The Bertz CT molecular complexity index is 1130. The monoisotopic (exact) mass is 416 g/mol. The van der Waals surface area contributed by atoms with Gasteiger partial charge in [-0.1, -0.05) is 23.9 Å². The van der Waals surface area contributed by atoms with E-state index >= 15 is 0 Å². The Morgan fingerprint density at radius 2 is 1.66 bits per heavy atom. The fourth-order valence-electron chi connectivity index (χ4n) is 2.71. The first-order valence-corrected chi connectivity index (χ1v) is 9.58. The molecule has 5 nitrogen and oxygen atoms in total. The van der Waals surface area contributed by atoms with E-state index in [0.29, 0.717) is 16.6 Å². The fraction of sp³-hybridized carbons (Fsp3) is 0.150. The summed E-state index contributed by atoms with van der Waals surface area (Å²) >= 11 is 1.36. The Morgan fingerprint density at radius 1 is 0.931 bits per heavy atom. The molecule has 2 aromatic heterocycles. The van der Waals surface area contributed by atoms with Gasteiger partial charge in [-0.2, -0.15) is 22.8 Å². The van der Waals surface area contributed by atoms with E-state index in [2.05, 4.69) is 15.3 Å². The van der Waals surface area contributed by atoms with E-state index in [1.807, 2.05) is 36.4 Å². The predicted octanol–water partition coefficient (Wildman–Crippen LogP) is 5.11. The van der Waals surface area contributed by atoms with Gasteiger partial charge in [0, 0.05) is 11.3 Å². The van der Waals surface area contributed by atoms with Crippen LogP contribution in [0.2, 0.25) is 0 Å². The second-order valence-electron chi connectivity index (χ2n) is 6.18. The fourth-order valence-corrected chi connectivity index (χ4v) is 3.56. The van der Waals surface area contributed by atoms with Crippen LogP contribution < -0.4 is 4.74 Å². The molecule has 2 heterocycles. The highest BCUT2D eigenvalue weighted by Gasteiger charge is 2.29. The summed E-state index contributed by atoms with van der Waals surface area (Å²) in [5.41, 5.74) is 2.35. The van der Waals surface area contributed by atoms with Crippen molar-refractivity contribution in [1.29, 1.82) is 0 Å². The van der Waals surface area contributed by atoms with Gasteiger partial charge in [-0.15, -0.1) is 10.2 Å². The van der Waals surface area contributed by atoms with Gasteiger partial charge in [0.25, 0.3) is 0 Å². The summed E-state index contributed by atoms with van der Waals surface area (Å²) in [5, 5.41) is 13.4. The zero-order valence-corrected chi connectivity index (χ0v) is 16.0. The van der Waals surface area contributed by atoms with E-state index in [9.17, 15) is 13.2 Å². The highest BCUT2D eigenvalue weighted by Crippen LogP contribution is 2.30. The first-order valence-electron chi connectivity index (χ1n) is 8.60. The number of alkyl halides is 3. The van der Waals surface area contributed by atoms with Gasteiger partial charge in [-0.05, 0) is 54.1 Å². The minimum Gasteiger partial charge on any atom is -0.497 e. The maximum absolute atomic E-state index is 12.7. The molecule has 0 spiro atoms. The number of rotatable bonds is 5. The molecule has 0 bridgehead atoms. The Kier molecular flexibility index (Phi) is 5.14. The maximum Gasteiger partial charge on any atom is 0.416 e. The first kappa shape index (κ1) is 19.3. The summed E-state index contributed by atoms with van der Waals surface area (Å²) in [6, 6.07) is 16.3. The molecule has 148 valence electrons. The van der Waals surface area contributed by atoms with Crippen LogP contribution in [0.4, 0.5) is 13.2 Å². The molecular formula is C20H15F3N4OS. The lowest BCUT2D eigenvalue weighted by Crippen LogP contribution is -2.04. The van der Waals surface area contributed by atoms with Crippen LogP contribution in [0.15, 0.2) is 65.8 Å². The van der Waals surface area contributed by atoms with Crippen molar-refractivity contribution in [2.75, 3.05) is 7.11 Å². The Balaban J connectivity index is 1.54. The smallest absolute Gasteiger partial charge is 0.416 e. The standard InChI is InChI=1S/C20H15F3N4OS/c1-28-16-8-4-14(5-9-16)17-10-11-18-24-25-19(27(18)26-17)29-12-13-2-6-15(7-3-13)20(21,22)23/h2-11H,12H2,1H3. The van der Waals surface area contributed by atoms with Crippen LogP contribution in [-0.4, -0.2) is 26.9 Å². The van der Waals surface area contributed by atoms with Gasteiger partial charge in [0.15, 0.2) is 5.65 Å². The van der Waals surface area contributed by atoms with Crippen molar-refractivity contribution in [3.8, 4) is 17.0 Å². The number of fused-ring (bicyclic) bond motifs is 1. The lowest BCUT2D eigenvalue weighted by Gasteiger charge is -2.07. The third-order valence-corrected chi connectivity index (χ3v) is 5.26. The largest absolute Gasteiger partial charge is 0.497 e. The van der Waals surface area contributed by atoms with E-state index in [4.69, 9.17) is 4.74 Å². The van der Waals surface area contributed by atoms with E-state index in [-0.39, 0.29) is 0 Å². The number of ether oxygens (including phenoxy) is 1. The Labute approximate surface area is 168 Å². The van der Waals surface area contributed by atoms with Crippen LogP contribution in [0.5, 0.6) is 5.75 Å². The van der Waals surface area contributed by atoms with Crippen LogP contribution in [0.25, 0.3) is 16.9 Å². The van der Waals surface area contributed by atoms with Crippen molar-refractivity contribution >= 4 is 17.4 Å². The highest BCUT2D eigenvalue weighted by molar-refractivity contribution is 7.98. The Hall–Kier alpha value is -3.07. The van der Waals surface area contributed by atoms with Gasteiger partial charge in [-0.3, -0.25) is 0 Å². The van der Waals surface area contributed by atoms with Crippen LogP contribution in [-0.2, 0) is 11.9 Å². The lowest BCUT2D eigenvalue weighted by molar-refractivity contribution is -0.137. The molecule has 0 amide bonds. The van der Waals surface area contributed by atoms with Crippen molar-refractivity contribution in [2.24, 2.45) is 0 Å². The average molecular weight is 416 g/mol. The van der Waals surface area contributed by atoms with Crippen molar-refractivity contribution in [1.82, 2.24) is 19.8 Å². The molecule has 0 aliphatic rings. The van der Waals surface area contributed by atoms with Crippen LogP contribution in [0.3, 0.4) is 0 Å². The molecule has 4 rings (SSSR count). The van der Waals surface area contributed by atoms with Gasteiger partial charge in [0.05, 0.1) is 18.4 Å². The number of benzene rings is 2. The molecule has 0 N–H and O–H groups in total.